The summed E-state index contributed by atoms with van der Waals surface area (Å²) < 4.78 is 11.0. The third-order valence-electron chi connectivity index (χ3n) is 2.58. The predicted octanol–water partition coefficient (Wildman–Crippen LogP) is 2.39. The van der Waals surface area contributed by atoms with E-state index >= 15 is 0 Å². The van der Waals surface area contributed by atoms with Gasteiger partial charge in [-0.3, -0.25) is 10.1 Å². The molecule has 0 aromatic heterocycles. The number of methoxy groups -OCH3 is 1. The highest BCUT2D eigenvalue weighted by molar-refractivity contribution is 9.10. The number of hydrogen-bond donors (Lipinski definition) is 3. The zero-order chi connectivity index (χ0) is 17.2. The molecule has 1 aromatic rings. The zero-order valence-corrected chi connectivity index (χ0v) is 15.2. The Morgan fingerprint density at radius 2 is 2.09 bits per heavy atom. The number of halogens is 2. The van der Waals surface area contributed by atoms with Gasteiger partial charge in [-0.2, -0.15) is 0 Å². The minimum Gasteiger partial charge on any atom is -0.491 e. The van der Waals surface area contributed by atoms with Gasteiger partial charge >= 0.3 is 6.03 Å². The maximum atomic E-state index is 11.7. The van der Waals surface area contributed by atoms with Crippen molar-refractivity contribution in [2.45, 2.75) is 6.92 Å². The lowest BCUT2D eigenvalue weighted by molar-refractivity contribution is -0.118. The van der Waals surface area contributed by atoms with Crippen molar-refractivity contribution in [3.05, 3.63) is 21.6 Å². The van der Waals surface area contributed by atoms with Gasteiger partial charge in [-0.15, -0.1) is 0 Å². The molecule has 1 aromatic carbocycles. The summed E-state index contributed by atoms with van der Waals surface area (Å²) in [7, 11) is 1.52. The van der Waals surface area contributed by atoms with Gasteiger partial charge in [0.1, 0.15) is 0 Å². The molecule has 0 saturated heterocycles. The summed E-state index contributed by atoms with van der Waals surface area (Å²) in [5.41, 5.74) is 0.557. The Morgan fingerprint density at radius 3 is 2.74 bits per heavy atom. The van der Waals surface area contributed by atoms with E-state index in [2.05, 4.69) is 31.9 Å². The third-order valence-corrected chi connectivity index (χ3v) is 3.39. The fraction of sp³-hybridized carbons (Fsp3) is 0.429. The van der Waals surface area contributed by atoms with E-state index in [1.807, 2.05) is 6.92 Å². The summed E-state index contributed by atoms with van der Waals surface area (Å²) in [5.74, 6) is 0.0627. The highest BCUT2D eigenvalue weighted by atomic mass is 79.9. The average molecular weight is 409 g/mol. The number of carbonyl (C=O) groups excluding carboxylic acids is 2. The molecule has 0 fully saturated rings. The summed E-state index contributed by atoms with van der Waals surface area (Å²) >= 11 is 9.35. The van der Waals surface area contributed by atoms with E-state index in [1.54, 1.807) is 12.1 Å². The maximum absolute atomic E-state index is 11.7. The molecule has 1 rings (SSSR count). The van der Waals surface area contributed by atoms with Crippen LogP contribution >= 0.6 is 27.5 Å². The number of ether oxygens (including phenoxy) is 2. The molecule has 7 nitrogen and oxygen atoms in total. The Morgan fingerprint density at radius 1 is 1.35 bits per heavy atom. The Labute approximate surface area is 148 Å². The molecule has 0 atom stereocenters. The normalized spacial score (nSPS) is 10.1. The van der Waals surface area contributed by atoms with Crippen LogP contribution in [0.25, 0.3) is 0 Å². The second kappa shape index (κ2) is 10.3. The summed E-state index contributed by atoms with van der Waals surface area (Å²) in [5, 5.41) is 8.07. The highest BCUT2D eigenvalue weighted by Gasteiger charge is 2.12. The largest absolute Gasteiger partial charge is 0.491 e. The Hall–Kier alpha value is -1.51. The van der Waals surface area contributed by atoms with Crippen LogP contribution in [-0.4, -0.2) is 45.4 Å². The van der Waals surface area contributed by atoms with Crippen molar-refractivity contribution in [1.29, 1.82) is 0 Å². The SMILES string of the molecule is CCOc1c(Br)cc(Cl)cc1NCC(=O)NC(=O)NCCOC. The van der Waals surface area contributed by atoms with E-state index in [4.69, 9.17) is 21.1 Å². The van der Waals surface area contributed by atoms with Crippen molar-refractivity contribution in [3.8, 4) is 5.75 Å². The molecule has 0 bridgehead atoms. The van der Waals surface area contributed by atoms with E-state index in [9.17, 15) is 9.59 Å². The summed E-state index contributed by atoms with van der Waals surface area (Å²) in [4.78, 5) is 23.2. The Kier molecular flexibility index (Phi) is 8.75. The minimum absolute atomic E-state index is 0.107. The van der Waals surface area contributed by atoms with Gasteiger partial charge in [0.2, 0.25) is 5.91 Å². The minimum atomic E-state index is -0.578. The number of nitrogens with one attached hydrogen (secondary N) is 3. The zero-order valence-electron chi connectivity index (χ0n) is 12.9. The van der Waals surface area contributed by atoms with Gasteiger partial charge in [-0.1, -0.05) is 11.6 Å². The molecule has 0 aliphatic rings. The molecule has 0 heterocycles. The van der Waals surface area contributed by atoms with Gasteiger partial charge in [0.25, 0.3) is 0 Å². The number of benzene rings is 1. The van der Waals surface area contributed by atoms with E-state index in [-0.39, 0.29) is 6.54 Å². The molecule has 3 amide bonds. The first kappa shape index (κ1) is 19.5. The van der Waals surface area contributed by atoms with Crippen molar-refractivity contribution in [2.24, 2.45) is 0 Å². The smallest absolute Gasteiger partial charge is 0.321 e. The molecule has 0 radical (unpaired) electrons. The topological polar surface area (TPSA) is 88.7 Å². The Balaban J connectivity index is 2.57. The first-order chi connectivity index (χ1) is 11.0. The molecule has 0 aliphatic heterocycles. The number of urea groups is 1. The third kappa shape index (κ3) is 7.06. The lowest BCUT2D eigenvalue weighted by atomic mass is 10.3. The summed E-state index contributed by atoms with van der Waals surface area (Å²) in [6.07, 6.45) is 0. The average Bonchev–Trinajstić information content (AvgIpc) is 2.48. The van der Waals surface area contributed by atoms with Crippen LogP contribution in [0.3, 0.4) is 0 Å². The Bertz CT molecular complexity index is 557. The number of amides is 3. The van der Waals surface area contributed by atoms with Gasteiger partial charge in [0.05, 0.1) is 29.9 Å². The van der Waals surface area contributed by atoms with Gasteiger partial charge in [-0.25, -0.2) is 4.79 Å². The second-order valence-electron chi connectivity index (χ2n) is 4.35. The lowest BCUT2D eigenvalue weighted by Crippen LogP contribution is -2.43. The van der Waals surface area contributed by atoms with Gasteiger partial charge in [-0.05, 0) is 35.0 Å². The van der Waals surface area contributed by atoms with Crippen molar-refractivity contribution in [2.75, 3.05) is 38.7 Å². The molecule has 0 unspecified atom stereocenters. The van der Waals surface area contributed by atoms with Gasteiger partial charge in [0, 0.05) is 18.7 Å². The standard InChI is InChI=1S/C14H19BrClN3O4/c1-3-23-13-10(15)6-9(16)7-11(13)18-8-12(20)19-14(21)17-4-5-22-2/h6-7,18H,3-5,8H2,1-2H3,(H2,17,19,20,21). The van der Waals surface area contributed by atoms with Crippen molar-refractivity contribution >= 4 is 45.2 Å². The van der Waals surface area contributed by atoms with Crippen molar-refractivity contribution in [1.82, 2.24) is 10.6 Å². The van der Waals surface area contributed by atoms with Crippen LogP contribution in [0.15, 0.2) is 16.6 Å². The van der Waals surface area contributed by atoms with Crippen molar-refractivity contribution in [3.63, 3.8) is 0 Å². The lowest BCUT2D eigenvalue weighted by Gasteiger charge is -2.14. The van der Waals surface area contributed by atoms with Crippen LogP contribution < -0.4 is 20.7 Å². The first-order valence-electron chi connectivity index (χ1n) is 6.90. The molecular weight excluding hydrogens is 390 g/mol. The number of hydrogen-bond acceptors (Lipinski definition) is 5. The maximum Gasteiger partial charge on any atom is 0.321 e. The fourth-order valence-corrected chi connectivity index (χ4v) is 2.56. The second-order valence-corrected chi connectivity index (χ2v) is 5.64. The van der Waals surface area contributed by atoms with E-state index in [0.717, 1.165) is 0 Å². The van der Waals surface area contributed by atoms with E-state index in [0.29, 0.717) is 40.7 Å². The van der Waals surface area contributed by atoms with Crippen LogP contribution in [0.2, 0.25) is 5.02 Å². The fourth-order valence-electron chi connectivity index (χ4n) is 1.64. The van der Waals surface area contributed by atoms with Crippen molar-refractivity contribution < 1.29 is 19.1 Å². The first-order valence-corrected chi connectivity index (χ1v) is 8.07. The molecule has 0 aliphatic carbocycles. The van der Waals surface area contributed by atoms with E-state index < -0.39 is 11.9 Å². The predicted molar refractivity (Wildman–Crippen MR) is 92.2 cm³/mol. The van der Waals surface area contributed by atoms with E-state index in [1.165, 1.54) is 7.11 Å². The quantitative estimate of drug-likeness (QED) is 0.575. The number of rotatable bonds is 8. The summed E-state index contributed by atoms with van der Waals surface area (Å²) in [6.45, 7) is 2.89. The van der Waals surface area contributed by atoms with Crippen LogP contribution in [-0.2, 0) is 9.53 Å². The van der Waals surface area contributed by atoms with Crippen LogP contribution in [0.4, 0.5) is 10.5 Å². The molecule has 0 saturated carbocycles. The molecule has 9 heteroatoms. The van der Waals surface area contributed by atoms with Crippen LogP contribution in [0, 0.1) is 0 Å². The number of carbonyl (C=O) groups is 2. The molecule has 0 spiro atoms. The van der Waals surface area contributed by atoms with Gasteiger partial charge in [0.15, 0.2) is 5.75 Å². The molecule has 3 N–H and O–H groups in total. The molecular formula is C14H19BrClN3O4. The van der Waals surface area contributed by atoms with Gasteiger partial charge < -0.3 is 20.1 Å². The number of anilines is 1. The monoisotopic (exact) mass is 407 g/mol. The molecule has 23 heavy (non-hydrogen) atoms. The highest BCUT2D eigenvalue weighted by Crippen LogP contribution is 2.36. The number of imide groups is 1. The molecule has 128 valence electrons. The van der Waals surface area contributed by atoms with Crippen LogP contribution in [0.5, 0.6) is 5.75 Å². The van der Waals surface area contributed by atoms with Crippen LogP contribution in [0.1, 0.15) is 6.92 Å². The summed E-state index contributed by atoms with van der Waals surface area (Å²) in [6, 6.07) is 2.76.